The van der Waals surface area contributed by atoms with Crippen LogP contribution < -0.4 is 20.4 Å². The predicted octanol–water partition coefficient (Wildman–Crippen LogP) is 23.7. The van der Waals surface area contributed by atoms with Crippen LogP contribution in [0.1, 0.15) is 22.3 Å². The quantitative estimate of drug-likeness (QED) is 0.0814. The van der Waals surface area contributed by atoms with Crippen molar-refractivity contribution in [1.82, 2.24) is 9.97 Å². The number of pyridine rings is 2. The molecule has 0 aliphatic carbocycles. The lowest BCUT2D eigenvalue weighted by Gasteiger charge is -2.26. The van der Waals surface area contributed by atoms with Gasteiger partial charge in [0.25, 0.3) is 0 Å². The minimum Gasteiger partial charge on any atom is -0.339 e. The van der Waals surface area contributed by atoms with E-state index in [4.69, 9.17) is 20.0 Å². The molecular formula is C92H58N10. The molecule has 10 heteroatoms. The lowest BCUT2D eigenvalue weighted by molar-refractivity contribution is 1.27. The summed E-state index contributed by atoms with van der Waals surface area (Å²) in [6.45, 7) is 0. The number of aliphatic imine (C=N–C) groups is 2. The summed E-state index contributed by atoms with van der Waals surface area (Å²) in [6.07, 6.45) is 3.74. The molecule has 18 rings (SSSR count). The van der Waals surface area contributed by atoms with E-state index in [2.05, 4.69) is 299 Å². The van der Waals surface area contributed by atoms with Crippen LogP contribution in [0.2, 0.25) is 0 Å². The van der Waals surface area contributed by atoms with Crippen molar-refractivity contribution in [2.45, 2.75) is 0 Å². The largest absolute Gasteiger partial charge is 0.339 e. The number of nitrogens with zero attached hydrogens (tertiary/aromatic N) is 8. The highest BCUT2D eigenvalue weighted by Gasteiger charge is 2.24. The number of anilines is 8. The minimum absolute atomic E-state index is 0.268. The lowest BCUT2D eigenvalue weighted by atomic mass is 9.95. The molecule has 0 bridgehead atoms. The molecule has 0 saturated heterocycles. The van der Waals surface area contributed by atoms with Gasteiger partial charge in [0.2, 0.25) is 0 Å². The fraction of sp³-hybridized carbons (Fsp3) is 0. The average molecular weight is 1300 g/mol. The fourth-order valence-corrected chi connectivity index (χ4v) is 14.4. The molecule has 0 unspecified atom stereocenters. The highest BCUT2D eigenvalue weighted by molar-refractivity contribution is 6.27. The van der Waals surface area contributed by atoms with Gasteiger partial charge in [0.1, 0.15) is 23.8 Å². The van der Waals surface area contributed by atoms with Crippen molar-refractivity contribution in [2.24, 2.45) is 9.98 Å². The first kappa shape index (κ1) is 60.1. The van der Waals surface area contributed by atoms with Crippen LogP contribution in [0, 0.1) is 22.7 Å². The van der Waals surface area contributed by atoms with Gasteiger partial charge in [-0.25, -0.2) is 20.0 Å². The summed E-state index contributed by atoms with van der Waals surface area (Å²) in [4.78, 5) is 23.9. The molecule has 10 nitrogen and oxygen atoms in total. The molecule has 0 spiro atoms. The van der Waals surface area contributed by atoms with E-state index in [1.165, 1.54) is 43.1 Å². The summed E-state index contributed by atoms with van der Waals surface area (Å²) in [6, 6.07) is 118. The van der Waals surface area contributed by atoms with Crippen LogP contribution in [-0.2, 0) is 0 Å². The van der Waals surface area contributed by atoms with Crippen LogP contribution in [0.15, 0.2) is 350 Å². The third-order valence-electron chi connectivity index (χ3n) is 19.4. The van der Waals surface area contributed by atoms with Gasteiger partial charge in [0, 0.05) is 90.9 Å². The standard InChI is InChI=1S/C92H58N10/c93-55-83(65-35-49-75(50-36-65)101(73-45-31-63(32-46-73)79-21-5-13-61-11-1-3-19-77(61)79)71-41-27-59(28-42-71)69-39-53-87(95-57-69)99-91-81-23-7-15-67-17-9-25-85(97-91)89(67)81)84(56-94)66-37-51-76(52-38-66)102(74-47-33-64(34-48-74)80-22-6-14-62-12-2-4-20-78(62)80)72-43-29-60(30-44-72)70-40-54-88(96-58-70)100-92-82-24-8-16-68-18-10-26-86(98-92)90(68)82/h1-54,57-58H,(H,95,97,99)(H,96,98,100)/b84-83+. The van der Waals surface area contributed by atoms with Crippen LogP contribution in [0.3, 0.4) is 0 Å². The van der Waals surface area contributed by atoms with E-state index < -0.39 is 0 Å². The second kappa shape index (κ2) is 25.6. The zero-order valence-electron chi connectivity index (χ0n) is 54.9. The number of nitrogens with one attached hydrogen (secondary N) is 2. The smallest absolute Gasteiger partial charge is 0.154 e. The SMILES string of the molecule is N#C/C(=C(/C#N)c1ccc(N(c2ccc(-c3ccc(/N=C4\Nc5cccc6cccc4c56)nc3)cc2)c2ccc(-c3cccc4ccccc34)cc2)cc1)c1ccc(N(c2ccc(-c3ccc(/N=C4\Nc5cccc6cccc4c56)nc3)cc2)c2ccc(-c3cccc4ccccc34)cc2)cc1. The molecule has 476 valence electrons. The fourth-order valence-electron chi connectivity index (χ4n) is 14.4. The Balaban J connectivity index is 0.645. The Labute approximate surface area is 589 Å². The normalized spacial score (nSPS) is 13.0. The number of rotatable bonds is 14. The third kappa shape index (κ3) is 11.1. The van der Waals surface area contributed by atoms with E-state index in [1.54, 1.807) is 0 Å². The molecule has 0 saturated carbocycles. The summed E-state index contributed by atoms with van der Waals surface area (Å²) in [5.74, 6) is 2.79. The van der Waals surface area contributed by atoms with Gasteiger partial charge in [-0.2, -0.15) is 10.5 Å². The number of fused-ring (bicyclic) bond motifs is 2. The Morgan fingerprint density at radius 2 is 0.588 bits per heavy atom. The molecule has 2 aliphatic heterocycles. The second-order valence-corrected chi connectivity index (χ2v) is 25.4. The number of hydrogen-bond acceptors (Lipinski definition) is 8. The molecule has 2 aromatic heterocycles. The van der Waals surface area contributed by atoms with Crippen molar-refractivity contribution in [3.8, 4) is 56.6 Å². The van der Waals surface area contributed by atoms with Crippen molar-refractivity contribution >= 4 is 123 Å². The first-order chi connectivity index (χ1) is 50.4. The first-order valence-electron chi connectivity index (χ1n) is 33.8. The van der Waals surface area contributed by atoms with Gasteiger partial charge in [0.05, 0.1) is 11.1 Å². The van der Waals surface area contributed by atoms with Crippen molar-refractivity contribution < 1.29 is 0 Å². The highest BCUT2D eigenvalue weighted by atomic mass is 15.1. The summed E-state index contributed by atoms with van der Waals surface area (Å²) >= 11 is 0. The van der Waals surface area contributed by atoms with E-state index in [9.17, 15) is 10.5 Å². The molecule has 0 radical (unpaired) electrons. The Hall–Kier alpha value is -14.3. The Bertz CT molecular complexity index is 5750. The van der Waals surface area contributed by atoms with Crippen molar-refractivity contribution in [1.29, 1.82) is 10.5 Å². The topological polar surface area (TPSA) is 129 Å². The molecule has 0 atom stereocenters. The van der Waals surface area contributed by atoms with Crippen LogP contribution in [0.25, 0.3) is 98.7 Å². The molecule has 0 fully saturated rings. The van der Waals surface area contributed by atoms with Gasteiger partial charge in [-0.15, -0.1) is 0 Å². The predicted molar refractivity (Wildman–Crippen MR) is 420 cm³/mol. The van der Waals surface area contributed by atoms with Gasteiger partial charge in [0.15, 0.2) is 11.6 Å². The lowest BCUT2D eigenvalue weighted by Crippen LogP contribution is -2.10. The van der Waals surface area contributed by atoms with E-state index in [0.29, 0.717) is 22.8 Å². The van der Waals surface area contributed by atoms with Crippen LogP contribution in [0.4, 0.5) is 57.1 Å². The number of benzene rings is 14. The van der Waals surface area contributed by atoms with Crippen LogP contribution in [0.5, 0.6) is 0 Å². The molecule has 2 N–H and O–H groups in total. The Morgan fingerprint density at radius 1 is 0.284 bits per heavy atom. The molecule has 0 amide bonds. The number of nitriles is 2. The maximum Gasteiger partial charge on any atom is 0.154 e. The summed E-state index contributed by atoms with van der Waals surface area (Å²) in [5.41, 5.74) is 19.9. The molecule has 2 aliphatic rings. The van der Waals surface area contributed by atoms with E-state index >= 15 is 0 Å². The van der Waals surface area contributed by atoms with Gasteiger partial charge in [-0.1, -0.05) is 218 Å². The summed E-state index contributed by atoms with van der Waals surface area (Å²) < 4.78 is 0. The first-order valence-corrected chi connectivity index (χ1v) is 33.8. The molecule has 16 aromatic rings. The van der Waals surface area contributed by atoms with E-state index in [-0.39, 0.29) is 11.1 Å². The number of amidine groups is 2. The molecule has 4 heterocycles. The van der Waals surface area contributed by atoms with Crippen molar-refractivity contribution in [3.63, 3.8) is 0 Å². The Kier molecular flexibility index (Phi) is 15.1. The summed E-state index contributed by atoms with van der Waals surface area (Å²) in [7, 11) is 0. The zero-order valence-corrected chi connectivity index (χ0v) is 54.9. The van der Waals surface area contributed by atoms with Gasteiger partial charge in [-0.05, 0) is 186 Å². The van der Waals surface area contributed by atoms with Gasteiger partial charge < -0.3 is 20.4 Å². The number of hydrogen-bond donors (Lipinski definition) is 2. The summed E-state index contributed by atoms with van der Waals surface area (Å²) in [5, 5.41) is 38.5. The Morgan fingerprint density at radius 3 is 0.941 bits per heavy atom. The number of allylic oxidation sites excluding steroid dienone is 2. The van der Waals surface area contributed by atoms with Crippen molar-refractivity contribution in [3.05, 3.63) is 362 Å². The monoisotopic (exact) mass is 1300 g/mol. The van der Waals surface area contributed by atoms with Crippen LogP contribution in [-0.4, -0.2) is 21.6 Å². The van der Waals surface area contributed by atoms with Crippen LogP contribution >= 0.6 is 0 Å². The molecular weight excluding hydrogens is 1250 g/mol. The molecule has 102 heavy (non-hydrogen) atoms. The number of aromatic nitrogens is 2. The average Bonchev–Trinajstić information content (AvgIpc) is 1.57. The maximum atomic E-state index is 11.1. The maximum absolute atomic E-state index is 11.1. The van der Waals surface area contributed by atoms with Gasteiger partial charge in [-0.3, -0.25) is 0 Å². The van der Waals surface area contributed by atoms with E-state index in [0.717, 1.165) is 113 Å². The van der Waals surface area contributed by atoms with Crippen molar-refractivity contribution in [2.75, 3.05) is 20.4 Å². The minimum atomic E-state index is 0.268. The van der Waals surface area contributed by atoms with Gasteiger partial charge >= 0.3 is 0 Å². The highest BCUT2D eigenvalue weighted by Crippen LogP contribution is 2.43. The zero-order chi connectivity index (χ0) is 68.0. The molecule has 14 aromatic carbocycles. The third-order valence-corrected chi connectivity index (χ3v) is 19.4. The van der Waals surface area contributed by atoms with E-state index in [1.807, 2.05) is 73.1 Å². The second-order valence-electron chi connectivity index (χ2n) is 25.4.